The molecule has 0 fully saturated rings. The largest absolute Gasteiger partial charge is 0.444 e. The van der Waals surface area contributed by atoms with Crippen LogP contribution in [-0.4, -0.2) is 29.9 Å². The summed E-state index contributed by atoms with van der Waals surface area (Å²) < 4.78 is 5.51. The number of anilines is 2. The van der Waals surface area contributed by atoms with E-state index in [4.69, 9.17) is 10.2 Å². The highest BCUT2D eigenvalue weighted by atomic mass is 16.4. The minimum atomic E-state index is -0.0754. The molecule has 0 spiro atoms. The molecule has 3 N–H and O–H groups in total. The zero-order chi connectivity index (χ0) is 15.4. The standard InChI is InChI=1S/C15H20N4O2/c1-4-11-8-18-14(21-11)9-17-13-6-5-10(7-12(13)16)15(20)19(2)3/h5-8,17H,4,9,16H2,1-3H3. The summed E-state index contributed by atoms with van der Waals surface area (Å²) in [6.45, 7) is 2.46. The Hall–Kier alpha value is -2.50. The summed E-state index contributed by atoms with van der Waals surface area (Å²) in [5, 5.41) is 3.16. The van der Waals surface area contributed by atoms with Gasteiger partial charge in [-0.15, -0.1) is 0 Å². The molecule has 0 atom stereocenters. The van der Waals surface area contributed by atoms with E-state index in [1.807, 2.05) is 6.92 Å². The van der Waals surface area contributed by atoms with E-state index < -0.39 is 0 Å². The first-order valence-corrected chi connectivity index (χ1v) is 6.80. The maximum absolute atomic E-state index is 11.8. The molecular weight excluding hydrogens is 268 g/mol. The third-order valence-corrected chi connectivity index (χ3v) is 3.08. The second-order valence-corrected chi connectivity index (χ2v) is 4.93. The molecular formula is C15H20N4O2. The summed E-state index contributed by atoms with van der Waals surface area (Å²) in [4.78, 5) is 17.5. The van der Waals surface area contributed by atoms with Crippen LogP contribution in [0.2, 0.25) is 0 Å². The molecule has 0 saturated heterocycles. The van der Waals surface area contributed by atoms with E-state index in [0.29, 0.717) is 23.7 Å². The van der Waals surface area contributed by atoms with E-state index in [2.05, 4.69) is 10.3 Å². The Labute approximate surface area is 124 Å². The fourth-order valence-corrected chi connectivity index (χ4v) is 1.88. The van der Waals surface area contributed by atoms with Gasteiger partial charge in [-0.1, -0.05) is 6.92 Å². The lowest BCUT2D eigenvalue weighted by Crippen LogP contribution is -2.21. The van der Waals surface area contributed by atoms with Gasteiger partial charge in [0.25, 0.3) is 5.91 Å². The van der Waals surface area contributed by atoms with Gasteiger partial charge in [-0.2, -0.15) is 0 Å². The number of carbonyl (C=O) groups is 1. The molecule has 0 aliphatic carbocycles. The number of amides is 1. The number of carbonyl (C=O) groups excluding carboxylic acids is 1. The number of hydrogen-bond donors (Lipinski definition) is 2. The van der Waals surface area contributed by atoms with Crippen molar-refractivity contribution < 1.29 is 9.21 Å². The zero-order valence-electron chi connectivity index (χ0n) is 12.5. The maximum atomic E-state index is 11.8. The molecule has 1 aromatic carbocycles. The maximum Gasteiger partial charge on any atom is 0.253 e. The van der Waals surface area contributed by atoms with Crippen LogP contribution in [-0.2, 0) is 13.0 Å². The molecule has 0 aliphatic heterocycles. The van der Waals surface area contributed by atoms with Crippen LogP contribution in [0.4, 0.5) is 11.4 Å². The summed E-state index contributed by atoms with van der Waals surface area (Å²) in [5.74, 6) is 1.39. The Morgan fingerprint density at radius 1 is 1.43 bits per heavy atom. The third kappa shape index (κ3) is 3.53. The third-order valence-electron chi connectivity index (χ3n) is 3.08. The van der Waals surface area contributed by atoms with Crippen molar-refractivity contribution in [2.24, 2.45) is 0 Å². The molecule has 0 radical (unpaired) electrons. The van der Waals surface area contributed by atoms with Crippen LogP contribution in [0.15, 0.2) is 28.8 Å². The van der Waals surface area contributed by atoms with Crippen molar-refractivity contribution >= 4 is 17.3 Å². The van der Waals surface area contributed by atoms with Crippen molar-refractivity contribution in [2.45, 2.75) is 19.9 Å². The smallest absolute Gasteiger partial charge is 0.253 e. The predicted octanol–water partition coefficient (Wildman–Crippen LogP) is 2.13. The van der Waals surface area contributed by atoms with E-state index >= 15 is 0 Å². The van der Waals surface area contributed by atoms with Crippen LogP contribution in [0.1, 0.15) is 28.9 Å². The minimum absolute atomic E-state index is 0.0754. The van der Waals surface area contributed by atoms with Crippen molar-refractivity contribution in [3.05, 3.63) is 41.6 Å². The molecule has 112 valence electrons. The average molecular weight is 288 g/mol. The average Bonchev–Trinajstić information content (AvgIpc) is 2.93. The van der Waals surface area contributed by atoms with Gasteiger partial charge < -0.3 is 20.4 Å². The topological polar surface area (TPSA) is 84.4 Å². The molecule has 1 aromatic heterocycles. The summed E-state index contributed by atoms with van der Waals surface area (Å²) in [6, 6.07) is 5.20. The second kappa shape index (κ2) is 6.30. The molecule has 1 amide bonds. The Morgan fingerprint density at radius 2 is 2.19 bits per heavy atom. The first kappa shape index (κ1) is 14.9. The number of nitrogen functional groups attached to an aromatic ring is 1. The van der Waals surface area contributed by atoms with Gasteiger partial charge in [0.15, 0.2) is 0 Å². The monoisotopic (exact) mass is 288 g/mol. The van der Waals surface area contributed by atoms with Crippen molar-refractivity contribution in [1.29, 1.82) is 0 Å². The van der Waals surface area contributed by atoms with E-state index in [1.54, 1.807) is 38.5 Å². The summed E-state index contributed by atoms with van der Waals surface area (Å²) in [6.07, 6.45) is 2.54. The molecule has 21 heavy (non-hydrogen) atoms. The Morgan fingerprint density at radius 3 is 2.76 bits per heavy atom. The highest BCUT2D eigenvalue weighted by Crippen LogP contribution is 2.21. The molecule has 6 nitrogen and oxygen atoms in total. The van der Waals surface area contributed by atoms with Crippen molar-refractivity contribution in [2.75, 3.05) is 25.1 Å². The quantitative estimate of drug-likeness (QED) is 0.823. The van der Waals surface area contributed by atoms with Gasteiger partial charge in [0.05, 0.1) is 24.1 Å². The number of aryl methyl sites for hydroxylation is 1. The van der Waals surface area contributed by atoms with Gasteiger partial charge in [-0.25, -0.2) is 4.98 Å². The zero-order valence-corrected chi connectivity index (χ0v) is 12.5. The van der Waals surface area contributed by atoms with E-state index in [0.717, 1.165) is 17.9 Å². The van der Waals surface area contributed by atoms with Crippen LogP contribution in [0.25, 0.3) is 0 Å². The van der Waals surface area contributed by atoms with E-state index in [9.17, 15) is 4.79 Å². The molecule has 6 heteroatoms. The van der Waals surface area contributed by atoms with Crippen LogP contribution in [0, 0.1) is 0 Å². The number of nitrogens with two attached hydrogens (primary N) is 1. The summed E-state index contributed by atoms with van der Waals surface area (Å²) in [7, 11) is 3.41. The van der Waals surface area contributed by atoms with Crippen LogP contribution >= 0.6 is 0 Å². The second-order valence-electron chi connectivity index (χ2n) is 4.93. The number of hydrogen-bond acceptors (Lipinski definition) is 5. The van der Waals surface area contributed by atoms with Gasteiger partial charge in [0.2, 0.25) is 5.89 Å². The number of oxazole rings is 1. The van der Waals surface area contributed by atoms with E-state index in [-0.39, 0.29) is 5.91 Å². The first-order valence-electron chi connectivity index (χ1n) is 6.80. The number of aromatic nitrogens is 1. The highest BCUT2D eigenvalue weighted by molar-refractivity contribution is 5.95. The van der Waals surface area contributed by atoms with Crippen molar-refractivity contribution in [3.63, 3.8) is 0 Å². The van der Waals surface area contributed by atoms with E-state index in [1.165, 1.54) is 4.90 Å². The Bertz CT molecular complexity index is 634. The molecule has 1 heterocycles. The molecule has 2 rings (SSSR count). The number of rotatable bonds is 5. The Balaban J connectivity index is 2.05. The van der Waals surface area contributed by atoms with Crippen molar-refractivity contribution in [3.8, 4) is 0 Å². The number of nitrogens with zero attached hydrogens (tertiary/aromatic N) is 2. The van der Waals surface area contributed by atoms with Gasteiger partial charge in [0.1, 0.15) is 5.76 Å². The van der Waals surface area contributed by atoms with Gasteiger partial charge in [-0.05, 0) is 18.2 Å². The minimum Gasteiger partial charge on any atom is -0.444 e. The summed E-state index contributed by atoms with van der Waals surface area (Å²) in [5.41, 5.74) is 7.80. The molecule has 0 unspecified atom stereocenters. The normalized spacial score (nSPS) is 10.4. The van der Waals surface area contributed by atoms with Gasteiger partial charge >= 0.3 is 0 Å². The Kier molecular flexibility index (Phi) is 4.47. The SMILES string of the molecule is CCc1cnc(CNc2ccc(C(=O)N(C)C)cc2N)o1. The lowest BCUT2D eigenvalue weighted by atomic mass is 10.1. The molecule has 0 aliphatic rings. The highest BCUT2D eigenvalue weighted by Gasteiger charge is 2.10. The molecule has 2 aromatic rings. The van der Waals surface area contributed by atoms with Gasteiger partial charge in [-0.3, -0.25) is 4.79 Å². The first-order chi connectivity index (χ1) is 10.0. The molecule has 0 saturated carbocycles. The fourth-order valence-electron chi connectivity index (χ4n) is 1.88. The number of benzene rings is 1. The molecule has 0 bridgehead atoms. The van der Waals surface area contributed by atoms with Crippen LogP contribution in [0.5, 0.6) is 0 Å². The van der Waals surface area contributed by atoms with Gasteiger partial charge in [0, 0.05) is 26.1 Å². The van der Waals surface area contributed by atoms with Crippen LogP contribution < -0.4 is 11.1 Å². The predicted molar refractivity (Wildman–Crippen MR) is 82.1 cm³/mol. The number of nitrogens with one attached hydrogen (secondary N) is 1. The lowest BCUT2D eigenvalue weighted by Gasteiger charge is -2.13. The fraction of sp³-hybridized carbons (Fsp3) is 0.333. The van der Waals surface area contributed by atoms with Crippen molar-refractivity contribution in [1.82, 2.24) is 9.88 Å². The van der Waals surface area contributed by atoms with Crippen LogP contribution in [0.3, 0.4) is 0 Å². The summed E-state index contributed by atoms with van der Waals surface area (Å²) >= 11 is 0. The lowest BCUT2D eigenvalue weighted by molar-refractivity contribution is 0.0827.